The van der Waals surface area contributed by atoms with Gasteiger partial charge in [-0.25, -0.2) is 8.78 Å². The van der Waals surface area contributed by atoms with Crippen molar-refractivity contribution < 1.29 is 23.2 Å². The quantitative estimate of drug-likeness (QED) is 0.801. The van der Waals surface area contributed by atoms with Crippen LogP contribution in [-0.2, 0) is 9.59 Å². The molecule has 2 aromatic rings. The molecule has 26 heavy (non-hydrogen) atoms. The van der Waals surface area contributed by atoms with E-state index in [4.69, 9.17) is 0 Å². The van der Waals surface area contributed by atoms with Crippen LogP contribution < -0.4 is 10.2 Å². The van der Waals surface area contributed by atoms with Gasteiger partial charge in [0.15, 0.2) is 17.4 Å². The van der Waals surface area contributed by atoms with Gasteiger partial charge in [-0.15, -0.1) is 0 Å². The van der Waals surface area contributed by atoms with Crippen molar-refractivity contribution in [3.8, 4) is 0 Å². The first kappa shape index (κ1) is 19.2. The highest BCUT2D eigenvalue weighted by molar-refractivity contribution is 5.97. The second-order valence-corrected chi connectivity index (χ2v) is 5.70. The monoisotopic (exact) mass is 360 g/mol. The Morgan fingerprint density at radius 3 is 2.15 bits per heavy atom. The average molecular weight is 360 g/mol. The SMILES string of the molecule is CC(=O)c1ccc(N(CCC(=O)Nc2ccc(F)c(F)c2)C(C)=O)cc1. The minimum Gasteiger partial charge on any atom is -0.326 e. The summed E-state index contributed by atoms with van der Waals surface area (Å²) in [5.41, 5.74) is 1.21. The van der Waals surface area contributed by atoms with Gasteiger partial charge in [-0.1, -0.05) is 0 Å². The van der Waals surface area contributed by atoms with Gasteiger partial charge in [-0.2, -0.15) is 0 Å². The van der Waals surface area contributed by atoms with Crippen LogP contribution in [-0.4, -0.2) is 24.1 Å². The number of carbonyl (C=O) groups excluding carboxylic acids is 3. The fourth-order valence-electron chi connectivity index (χ4n) is 2.36. The van der Waals surface area contributed by atoms with Crippen molar-refractivity contribution in [3.63, 3.8) is 0 Å². The fourth-order valence-corrected chi connectivity index (χ4v) is 2.36. The third-order valence-corrected chi connectivity index (χ3v) is 3.73. The molecule has 0 saturated carbocycles. The average Bonchev–Trinajstić information content (AvgIpc) is 2.58. The second kappa shape index (κ2) is 8.33. The van der Waals surface area contributed by atoms with Gasteiger partial charge in [0.05, 0.1) is 0 Å². The van der Waals surface area contributed by atoms with Gasteiger partial charge in [-0.05, 0) is 43.3 Å². The molecule has 2 amide bonds. The van der Waals surface area contributed by atoms with E-state index in [1.54, 1.807) is 24.3 Å². The number of carbonyl (C=O) groups is 3. The van der Waals surface area contributed by atoms with E-state index in [0.717, 1.165) is 12.1 Å². The van der Waals surface area contributed by atoms with Crippen LogP contribution in [0.4, 0.5) is 20.2 Å². The molecule has 0 aromatic heterocycles. The Labute approximate surface area is 149 Å². The van der Waals surface area contributed by atoms with Gasteiger partial charge in [0.1, 0.15) is 0 Å². The zero-order valence-electron chi connectivity index (χ0n) is 14.4. The van der Waals surface area contributed by atoms with E-state index < -0.39 is 17.5 Å². The van der Waals surface area contributed by atoms with Crippen molar-refractivity contribution in [3.05, 3.63) is 59.7 Å². The van der Waals surface area contributed by atoms with E-state index in [1.807, 2.05) is 0 Å². The number of Topliss-reactive ketones (excluding diaryl/α,β-unsaturated/α-hetero) is 1. The number of benzene rings is 2. The number of halogens is 2. The third-order valence-electron chi connectivity index (χ3n) is 3.73. The van der Waals surface area contributed by atoms with Crippen molar-refractivity contribution in [1.82, 2.24) is 0 Å². The number of anilines is 2. The van der Waals surface area contributed by atoms with Gasteiger partial charge in [0.25, 0.3) is 0 Å². The third kappa shape index (κ3) is 4.95. The molecular weight excluding hydrogens is 342 g/mol. The second-order valence-electron chi connectivity index (χ2n) is 5.70. The Kier molecular flexibility index (Phi) is 6.16. The molecule has 0 aliphatic heterocycles. The van der Waals surface area contributed by atoms with Crippen LogP contribution in [0.15, 0.2) is 42.5 Å². The molecule has 0 saturated heterocycles. The molecule has 136 valence electrons. The van der Waals surface area contributed by atoms with Crippen LogP contribution in [0.3, 0.4) is 0 Å². The number of nitrogens with one attached hydrogen (secondary N) is 1. The lowest BCUT2D eigenvalue weighted by Crippen LogP contribution is -2.32. The molecule has 0 fully saturated rings. The van der Waals surface area contributed by atoms with E-state index in [9.17, 15) is 23.2 Å². The first-order chi connectivity index (χ1) is 12.3. The van der Waals surface area contributed by atoms with E-state index in [0.29, 0.717) is 11.3 Å². The standard InChI is InChI=1S/C19H18F2N2O3/c1-12(24)14-3-6-16(7-4-14)23(13(2)25)10-9-19(26)22-15-5-8-17(20)18(21)11-15/h3-8,11H,9-10H2,1-2H3,(H,22,26). The van der Waals surface area contributed by atoms with Crippen molar-refractivity contribution in [1.29, 1.82) is 0 Å². The highest BCUT2D eigenvalue weighted by Gasteiger charge is 2.14. The lowest BCUT2D eigenvalue weighted by molar-refractivity contribution is -0.117. The van der Waals surface area contributed by atoms with E-state index in [-0.39, 0.29) is 30.3 Å². The molecule has 0 aliphatic rings. The van der Waals surface area contributed by atoms with E-state index >= 15 is 0 Å². The summed E-state index contributed by atoms with van der Waals surface area (Å²) >= 11 is 0. The van der Waals surface area contributed by atoms with Gasteiger partial charge in [-0.3, -0.25) is 14.4 Å². The molecule has 0 atom stereocenters. The maximum atomic E-state index is 13.2. The van der Waals surface area contributed by atoms with Gasteiger partial charge >= 0.3 is 0 Å². The molecule has 5 nitrogen and oxygen atoms in total. The van der Waals surface area contributed by atoms with Crippen molar-refractivity contribution in [2.75, 3.05) is 16.8 Å². The molecule has 0 radical (unpaired) electrons. The maximum Gasteiger partial charge on any atom is 0.226 e. The Morgan fingerprint density at radius 2 is 1.62 bits per heavy atom. The van der Waals surface area contributed by atoms with Crippen LogP contribution in [0.5, 0.6) is 0 Å². The first-order valence-electron chi connectivity index (χ1n) is 7.92. The van der Waals surface area contributed by atoms with Crippen LogP contribution in [0, 0.1) is 11.6 Å². The first-order valence-corrected chi connectivity index (χ1v) is 7.92. The lowest BCUT2D eigenvalue weighted by atomic mass is 10.1. The summed E-state index contributed by atoms with van der Waals surface area (Å²) < 4.78 is 26.0. The number of amides is 2. The highest BCUT2D eigenvalue weighted by Crippen LogP contribution is 2.17. The summed E-state index contributed by atoms with van der Waals surface area (Å²) in [5, 5.41) is 2.45. The van der Waals surface area contributed by atoms with Gasteiger partial charge < -0.3 is 10.2 Å². The Hall–Kier alpha value is -3.09. The zero-order valence-corrected chi connectivity index (χ0v) is 14.4. The zero-order chi connectivity index (χ0) is 19.3. The number of hydrogen-bond donors (Lipinski definition) is 1. The lowest BCUT2D eigenvalue weighted by Gasteiger charge is -2.21. The molecule has 0 heterocycles. The Balaban J connectivity index is 2.01. The molecule has 0 aliphatic carbocycles. The molecule has 2 aromatic carbocycles. The minimum atomic E-state index is -1.06. The van der Waals surface area contributed by atoms with Crippen molar-refractivity contribution >= 4 is 29.0 Å². The Bertz CT molecular complexity index is 835. The van der Waals surface area contributed by atoms with Crippen molar-refractivity contribution in [2.45, 2.75) is 20.3 Å². The Morgan fingerprint density at radius 1 is 0.962 bits per heavy atom. The molecule has 7 heteroatoms. The summed E-state index contributed by atoms with van der Waals surface area (Å²) in [5.74, 6) is -2.85. The highest BCUT2D eigenvalue weighted by atomic mass is 19.2. The maximum absolute atomic E-state index is 13.2. The topological polar surface area (TPSA) is 66.5 Å². The van der Waals surface area contributed by atoms with Crippen molar-refractivity contribution in [2.24, 2.45) is 0 Å². The fraction of sp³-hybridized carbons (Fsp3) is 0.211. The molecule has 0 bridgehead atoms. The van der Waals surface area contributed by atoms with Gasteiger partial charge in [0, 0.05) is 42.9 Å². The number of nitrogens with zero attached hydrogens (tertiary/aromatic N) is 1. The molecular formula is C19H18F2N2O3. The summed E-state index contributed by atoms with van der Waals surface area (Å²) in [7, 11) is 0. The predicted molar refractivity (Wildman–Crippen MR) is 94.1 cm³/mol. The number of ketones is 1. The number of rotatable bonds is 6. The smallest absolute Gasteiger partial charge is 0.226 e. The minimum absolute atomic E-state index is 0.0347. The van der Waals surface area contributed by atoms with E-state index in [2.05, 4.69) is 5.32 Å². The molecule has 2 rings (SSSR count). The number of hydrogen-bond acceptors (Lipinski definition) is 3. The predicted octanol–water partition coefficient (Wildman–Crippen LogP) is 3.55. The van der Waals surface area contributed by atoms with Crippen LogP contribution >= 0.6 is 0 Å². The summed E-state index contributed by atoms with van der Waals surface area (Å²) in [4.78, 5) is 36.6. The van der Waals surface area contributed by atoms with Gasteiger partial charge in [0.2, 0.25) is 11.8 Å². The molecule has 0 unspecified atom stereocenters. The van der Waals surface area contributed by atoms with Crippen LogP contribution in [0.2, 0.25) is 0 Å². The van der Waals surface area contributed by atoms with Crippen LogP contribution in [0.1, 0.15) is 30.6 Å². The summed E-state index contributed by atoms with van der Waals surface area (Å²) in [6.45, 7) is 2.91. The van der Waals surface area contributed by atoms with Crippen LogP contribution in [0.25, 0.3) is 0 Å². The molecule has 0 spiro atoms. The van der Waals surface area contributed by atoms with E-state index in [1.165, 1.54) is 24.8 Å². The molecule has 1 N–H and O–H groups in total. The largest absolute Gasteiger partial charge is 0.326 e. The normalized spacial score (nSPS) is 10.3. The summed E-state index contributed by atoms with van der Waals surface area (Å²) in [6, 6.07) is 9.53. The summed E-state index contributed by atoms with van der Waals surface area (Å²) in [6.07, 6.45) is -0.0347.